The Hall–Kier alpha value is -3.09. The number of carbonyl (C=O) groups excluding carboxylic acids is 1. The first-order valence-electron chi connectivity index (χ1n) is 10.9. The van der Waals surface area contributed by atoms with E-state index in [0.717, 1.165) is 42.2 Å². The maximum absolute atomic E-state index is 13.4. The number of aromatic nitrogens is 1. The van der Waals surface area contributed by atoms with Crippen LogP contribution in [0.5, 0.6) is 0 Å². The van der Waals surface area contributed by atoms with E-state index in [-0.39, 0.29) is 12.0 Å². The number of aliphatic imine (C=N–C) groups is 1. The van der Waals surface area contributed by atoms with Gasteiger partial charge in [0.2, 0.25) is 0 Å². The Morgan fingerprint density at radius 2 is 1.81 bits per heavy atom. The molecule has 2 saturated heterocycles. The Bertz CT molecular complexity index is 1160. The van der Waals surface area contributed by atoms with Crippen molar-refractivity contribution in [2.45, 2.75) is 25.9 Å². The summed E-state index contributed by atoms with van der Waals surface area (Å²) in [7, 11) is 0. The Kier molecular flexibility index (Phi) is 5.97. The van der Waals surface area contributed by atoms with Crippen molar-refractivity contribution in [2.75, 3.05) is 13.2 Å². The predicted molar refractivity (Wildman–Crippen MR) is 130 cm³/mol. The van der Waals surface area contributed by atoms with Crippen LogP contribution in [0.1, 0.15) is 24.2 Å². The molecule has 0 spiro atoms. The van der Waals surface area contributed by atoms with Crippen molar-refractivity contribution in [3.63, 3.8) is 0 Å². The van der Waals surface area contributed by atoms with Gasteiger partial charge >= 0.3 is 0 Å². The molecule has 1 aromatic heterocycles. The molecular formula is C26H25N3O2S. The number of thioether (sulfide) groups is 1. The number of benzene rings is 2. The smallest absolute Gasteiger partial charge is 0.266 e. The monoisotopic (exact) mass is 443 g/mol. The number of rotatable bonds is 5. The molecule has 2 aliphatic rings. The molecule has 1 amide bonds. The van der Waals surface area contributed by atoms with E-state index in [4.69, 9.17) is 9.73 Å². The summed E-state index contributed by atoms with van der Waals surface area (Å²) in [4.78, 5) is 20.7. The van der Waals surface area contributed by atoms with E-state index >= 15 is 0 Å². The van der Waals surface area contributed by atoms with E-state index in [0.29, 0.717) is 16.6 Å². The van der Waals surface area contributed by atoms with Crippen molar-refractivity contribution >= 4 is 34.6 Å². The zero-order chi connectivity index (χ0) is 21.9. The topological polar surface area (TPSA) is 46.8 Å². The van der Waals surface area contributed by atoms with Crippen molar-refractivity contribution in [1.29, 1.82) is 0 Å². The molecule has 6 heteroatoms. The van der Waals surface area contributed by atoms with E-state index in [1.807, 2.05) is 54.6 Å². The average Bonchev–Trinajstić information content (AvgIpc) is 3.53. The van der Waals surface area contributed by atoms with Crippen LogP contribution in [0.3, 0.4) is 0 Å². The number of aryl methyl sites for hydroxylation is 1. The summed E-state index contributed by atoms with van der Waals surface area (Å²) in [5, 5.41) is 0.706. The molecule has 5 rings (SSSR count). The minimum Gasteiger partial charge on any atom is -0.376 e. The summed E-state index contributed by atoms with van der Waals surface area (Å²) in [5.41, 5.74) is 4.01. The van der Waals surface area contributed by atoms with Crippen LogP contribution < -0.4 is 0 Å². The van der Waals surface area contributed by atoms with E-state index in [2.05, 4.69) is 35.8 Å². The van der Waals surface area contributed by atoms with Crippen molar-refractivity contribution < 1.29 is 9.53 Å². The highest BCUT2D eigenvalue weighted by atomic mass is 32.2. The number of hydrogen-bond donors (Lipinski definition) is 0. The van der Waals surface area contributed by atoms with Gasteiger partial charge in [-0.2, -0.15) is 0 Å². The number of nitrogens with zero attached hydrogens (tertiary/aromatic N) is 3. The maximum atomic E-state index is 13.4. The van der Waals surface area contributed by atoms with Crippen LogP contribution in [0.15, 0.2) is 82.7 Å². The molecule has 0 radical (unpaired) electrons. The molecule has 0 bridgehead atoms. The van der Waals surface area contributed by atoms with Gasteiger partial charge in [0.1, 0.15) is 0 Å². The average molecular weight is 444 g/mol. The summed E-state index contributed by atoms with van der Waals surface area (Å²) in [6.07, 6.45) is 4.05. The summed E-state index contributed by atoms with van der Waals surface area (Å²) in [6, 6.07) is 24.1. The fourth-order valence-corrected chi connectivity index (χ4v) is 5.09. The van der Waals surface area contributed by atoms with Gasteiger partial charge in [-0.15, -0.1) is 0 Å². The van der Waals surface area contributed by atoms with E-state index in [9.17, 15) is 4.79 Å². The summed E-state index contributed by atoms with van der Waals surface area (Å²) >= 11 is 1.43. The standard InChI is InChI=1S/C26H25N3O2S/c1-19-14-15-22(29(19)21-11-6-3-7-12-21)17-24-25(30)28(18-23-13-8-16-31-23)26(32-24)27-20-9-4-2-5-10-20/h2-7,9-12,14-15,17,23H,8,13,16,18H2,1H3/b24-17-,27-26?. The van der Waals surface area contributed by atoms with E-state index in [1.54, 1.807) is 4.90 Å². The highest BCUT2D eigenvalue weighted by molar-refractivity contribution is 8.18. The molecule has 3 heterocycles. The van der Waals surface area contributed by atoms with Gasteiger partial charge in [-0.1, -0.05) is 36.4 Å². The second-order valence-electron chi connectivity index (χ2n) is 7.96. The van der Waals surface area contributed by atoms with Crippen molar-refractivity contribution in [1.82, 2.24) is 9.47 Å². The largest absolute Gasteiger partial charge is 0.376 e. The molecule has 5 nitrogen and oxygen atoms in total. The minimum atomic E-state index is -0.0151. The van der Waals surface area contributed by atoms with E-state index < -0.39 is 0 Å². The zero-order valence-corrected chi connectivity index (χ0v) is 18.8. The quantitative estimate of drug-likeness (QED) is 0.485. The fraction of sp³-hybridized carbons (Fsp3) is 0.231. The van der Waals surface area contributed by atoms with Gasteiger partial charge in [0.05, 0.1) is 23.2 Å². The van der Waals surface area contributed by atoms with Gasteiger partial charge in [0, 0.05) is 23.7 Å². The lowest BCUT2D eigenvalue weighted by Gasteiger charge is -2.19. The summed E-state index contributed by atoms with van der Waals surface area (Å²) in [5.74, 6) is -0.0151. The third-order valence-electron chi connectivity index (χ3n) is 5.68. The van der Waals surface area contributed by atoms with Crippen molar-refractivity contribution in [3.8, 4) is 5.69 Å². The zero-order valence-electron chi connectivity index (χ0n) is 18.0. The molecule has 2 aromatic carbocycles. The van der Waals surface area contributed by atoms with Gasteiger partial charge in [0.15, 0.2) is 5.17 Å². The van der Waals surface area contributed by atoms with Crippen molar-refractivity contribution in [3.05, 3.63) is 89.1 Å². The lowest BCUT2D eigenvalue weighted by atomic mass is 10.2. The van der Waals surface area contributed by atoms with Gasteiger partial charge in [0.25, 0.3) is 5.91 Å². The molecule has 1 unspecified atom stereocenters. The van der Waals surface area contributed by atoms with Crippen LogP contribution in [0.25, 0.3) is 11.8 Å². The summed E-state index contributed by atoms with van der Waals surface area (Å²) < 4.78 is 7.98. The van der Waals surface area contributed by atoms with Crippen LogP contribution in [0.2, 0.25) is 0 Å². The normalized spacial score (nSPS) is 21.2. The third kappa shape index (κ3) is 4.29. The van der Waals surface area contributed by atoms with Gasteiger partial charge in [-0.05, 0) is 74.0 Å². The van der Waals surface area contributed by atoms with Crippen LogP contribution in [-0.2, 0) is 9.53 Å². The first-order valence-corrected chi connectivity index (χ1v) is 11.7. The van der Waals surface area contributed by atoms with Crippen LogP contribution in [0.4, 0.5) is 5.69 Å². The van der Waals surface area contributed by atoms with Crippen molar-refractivity contribution in [2.24, 2.45) is 4.99 Å². The van der Waals surface area contributed by atoms with Crippen LogP contribution in [0, 0.1) is 6.92 Å². The molecule has 3 aromatic rings. The second-order valence-corrected chi connectivity index (χ2v) is 8.97. The molecule has 2 fully saturated rings. The van der Waals surface area contributed by atoms with Gasteiger partial charge in [-0.3, -0.25) is 9.69 Å². The highest BCUT2D eigenvalue weighted by Gasteiger charge is 2.36. The first-order chi connectivity index (χ1) is 15.7. The van der Waals surface area contributed by atoms with Crippen LogP contribution in [-0.4, -0.2) is 39.8 Å². The molecular weight excluding hydrogens is 418 g/mol. The third-order valence-corrected chi connectivity index (χ3v) is 6.69. The highest BCUT2D eigenvalue weighted by Crippen LogP contribution is 2.35. The number of hydrogen-bond acceptors (Lipinski definition) is 4. The number of carbonyl (C=O) groups is 1. The van der Waals surface area contributed by atoms with Gasteiger partial charge in [-0.25, -0.2) is 4.99 Å². The predicted octanol–water partition coefficient (Wildman–Crippen LogP) is 5.57. The molecule has 32 heavy (non-hydrogen) atoms. The summed E-state index contributed by atoms with van der Waals surface area (Å²) in [6.45, 7) is 3.37. The molecule has 0 aliphatic carbocycles. The lowest BCUT2D eigenvalue weighted by molar-refractivity contribution is -0.123. The Balaban J connectivity index is 1.51. The van der Waals surface area contributed by atoms with E-state index in [1.165, 1.54) is 11.8 Å². The Morgan fingerprint density at radius 3 is 2.53 bits per heavy atom. The Morgan fingerprint density at radius 1 is 1.06 bits per heavy atom. The Labute approximate surface area is 192 Å². The lowest BCUT2D eigenvalue weighted by Crippen LogP contribution is -2.36. The number of para-hydroxylation sites is 2. The first kappa shape index (κ1) is 20.8. The molecule has 2 aliphatic heterocycles. The molecule has 0 N–H and O–H groups in total. The fourth-order valence-electron chi connectivity index (χ4n) is 4.09. The SMILES string of the molecule is Cc1ccc(/C=C2\SC(=Nc3ccccc3)N(CC3CCCO3)C2=O)n1-c1ccccc1. The number of ether oxygens (including phenoxy) is 1. The number of amidine groups is 1. The molecule has 162 valence electrons. The van der Waals surface area contributed by atoms with Crippen LogP contribution >= 0.6 is 11.8 Å². The number of amides is 1. The maximum Gasteiger partial charge on any atom is 0.266 e. The second kappa shape index (κ2) is 9.18. The molecule has 0 saturated carbocycles. The van der Waals surface area contributed by atoms with Gasteiger partial charge < -0.3 is 9.30 Å². The minimum absolute atomic E-state index is 0.0151. The molecule has 1 atom stereocenters.